The number of Topliss-reactive ketones (excluding diaryl/α,β-unsaturated/α-hetero) is 1. The van der Waals surface area contributed by atoms with Crippen LogP contribution in [0.25, 0.3) is 11.0 Å². The molecule has 1 aromatic carbocycles. The Labute approximate surface area is 192 Å². The van der Waals surface area contributed by atoms with Crippen LogP contribution in [0.5, 0.6) is 5.75 Å². The number of likely N-dealkylation sites (N-methyl/N-ethyl adjacent to an activating group) is 1. The van der Waals surface area contributed by atoms with Gasteiger partial charge in [-0.3, -0.25) is 14.6 Å². The van der Waals surface area contributed by atoms with E-state index < -0.39 is 23.5 Å². The first-order valence-electron chi connectivity index (χ1n) is 11.1. The third-order valence-corrected chi connectivity index (χ3v) is 6.19. The van der Waals surface area contributed by atoms with E-state index in [1.54, 1.807) is 48.8 Å². The highest BCUT2D eigenvalue weighted by atomic mass is 16.5. The number of amides is 1. The average molecular weight is 450 g/mol. The summed E-state index contributed by atoms with van der Waals surface area (Å²) >= 11 is 0. The number of benzene rings is 1. The topological polar surface area (TPSA) is 100 Å². The number of hydrogen-bond donors (Lipinski definition) is 1. The van der Waals surface area contributed by atoms with Gasteiger partial charge in [-0.2, -0.15) is 0 Å². The fourth-order valence-electron chi connectivity index (χ4n) is 4.31. The van der Waals surface area contributed by atoms with E-state index in [-0.39, 0.29) is 11.3 Å². The number of quaternary nitrogens is 1. The summed E-state index contributed by atoms with van der Waals surface area (Å²) in [6.45, 7) is 6.98. The van der Waals surface area contributed by atoms with E-state index in [9.17, 15) is 14.7 Å². The second-order valence-corrected chi connectivity index (χ2v) is 7.96. The van der Waals surface area contributed by atoms with Crippen LogP contribution in [0.1, 0.15) is 36.0 Å². The van der Waals surface area contributed by atoms with Gasteiger partial charge in [-0.1, -0.05) is 18.2 Å². The summed E-state index contributed by atoms with van der Waals surface area (Å²) in [6, 6.07) is 9.58. The number of para-hydroxylation sites is 1. The highest BCUT2D eigenvalue weighted by molar-refractivity contribution is 6.15. The smallest absolute Gasteiger partial charge is 0.240 e. The van der Waals surface area contributed by atoms with Gasteiger partial charge in [-0.05, 0) is 43.4 Å². The van der Waals surface area contributed by atoms with Gasteiger partial charge in [0.15, 0.2) is 17.1 Å². The molecule has 3 heterocycles. The number of carbonyl (C=O) groups excluding carboxylic acids is 2. The first kappa shape index (κ1) is 22.5. The number of aromatic nitrogens is 1. The van der Waals surface area contributed by atoms with Crippen LogP contribution in [-0.2, 0) is 4.79 Å². The molecule has 2 aromatic heterocycles. The maximum Gasteiger partial charge on any atom is 0.240 e. The van der Waals surface area contributed by atoms with Crippen molar-refractivity contribution in [2.45, 2.75) is 19.9 Å². The third kappa shape index (κ3) is 4.09. The van der Waals surface area contributed by atoms with Gasteiger partial charge in [0.05, 0.1) is 39.3 Å². The van der Waals surface area contributed by atoms with Crippen molar-refractivity contribution in [2.75, 3.05) is 33.3 Å². The minimum absolute atomic E-state index is 0.00393. The number of ketones is 1. The Balaban J connectivity index is 1.75. The van der Waals surface area contributed by atoms with Gasteiger partial charge in [0.1, 0.15) is 0 Å². The van der Waals surface area contributed by atoms with Crippen LogP contribution < -0.4 is 14.7 Å². The number of nitrogens with zero attached hydrogens (tertiary/aromatic N) is 2. The summed E-state index contributed by atoms with van der Waals surface area (Å²) in [5.74, 6) is -1.59. The van der Waals surface area contributed by atoms with Crippen LogP contribution in [0, 0.1) is 0 Å². The Morgan fingerprint density at radius 1 is 1.24 bits per heavy atom. The van der Waals surface area contributed by atoms with Crippen LogP contribution in [0.3, 0.4) is 0 Å². The molecule has 1 amide bonds. The SMILES string of the molecule is CC[NH+](CC)CCN1C(=O)C([O-])=C(C(=O)c2cc3cccc(OC)c3o2)C1c1cccnc1. The maximum absolute atomic E-state index is 13.6. The zero-order chi connectivity index (χ0) is 23.5. The van der Waals surface area contributed by atoms with E-state index >= 15 is 0 Å². The standard InChI is InChI=1S/C25H27N3O5/c1-4-27(5-2)12-13-28-21(17-9-7-11-26-15-17)20(23(30)25(28)31)22(29)19-14-16-8-6-10-18(32-3)24(16)33-19/h6-11,14-15,21,30H,4-5,12-13H2,1-3H3. The molecule has 1 aliphatic heterocycles. The average Bonchev–Trinajstić information content (AvgIpc) is 3.39. The molecule has 1 N–H and O–H groups in total. The van der Waals surface area contributed by atoms with Crippen LogP contribution in [0.2, 0.25) is 0 Å². The fourth-order valence-corrected chi connectivity index (χ4v) is 4.31. The Morgan fingerprint density at radius 2 is 2.03 bits per heavy atom. The highest BCUT2D eigenvalue weighted by Crippen LogP contribution is 2.39. The van der Waals surface area contributed by atoms with Crippen molar-refractivity contribution >= 4 is 22.7 Å². The molecule has 0 fully saturated rings. The largest absolute Gasteiger partial charge is 0.868 e. The number of hydrogen-bond acceptors (Lipinski definition) is 6. The normalized spacial score (nSPS) is 16.3. The summed E-state index contributed by atoms with van der Waals surface area (Å²) in [5, 5.41) is 13.8. The van der Waals surface area contributed by atoms with E-state index in [4.69, 9.17) is 9.15 Å². The van der Waals surface area contributed by atoms with Crippen molar-refractivity contribution in [3.8, 4) is 5.75 Å². The number of pyridine rings is 1. The van der Waals surface area contributed by atoms with E-state index in [0.29, 0.717) is 35.4 Å². The lowest BCUT2D eigenvalue weighted by Crippen LogP contribution is -3.12. The Bertz CT molecular complexity index is 1200. The predicted molar refractivity (Wildman–Crippen MR) is 120 cm³/mol. The Kier molecular flexibility index (Phi) is 6.46. The number of nitrogens with one attached hydrogen (secondary N) is 1. The molecular formula is C25H27N3O5. The van der Waals surface area contributed by atoms with Gasteiger partial charge >= 0.3 is 0 Å². The summed E-state index contributed by atoms with van der Waals surface area (Å²) in [6.07, 6.45) is 3.20. The van der Waals surface area contributed by atoms with Gasteiger partial charge in [0.25, 0.3) is 0 Å². The minimum atomic E-state index is -0.809. The minimum Gasteiger partial charge on any atom is -0.868 e. The van der Waals surface area contributed by atoms with Gasteiger partial charge in [0.2, 0.25) is 11.7 Å². The van der Waals surface area contributed by atoms with Crippen molar-refractivity contribution in [3.63, 3.8) is 0 Å². The second-order valence-electron chi connectivity index (χ2n) is 7.96. The molecule has 0 saturated carbocycles. The number of fused-ring (bicyclic) bond motifs is 1. The fraction of sp³-hybridized carbons (Fsp3) is 0.320. The summed E-state index contributed by atoms with van der Waals surface area (Å²) in [4.78, 5) is 33.5. The van der Waals surface area contributed by atoms with E-state index in [1.165, 1.54) is 16.9 Å². The molecule has 3 aromatic rings. The molecular weight excluding hydrogens is 422 g/mol. The summed E-state index contributed by atoms with van der Waals surface area (Å²) in [5.41, 5.74) is 0.921. The quantitative estimate of drug-likeness (QED) is 0.492. The van der Waals surface area contributed by atoms with Crippen molar-refractivity contribution in [1.82, 2.24) is 9.88 Å². The zero-order valence-electron chi connectivity index (χ0n) is 19.0. The van der Waals surface area contributed by atoms with Crippen LogP contribution >= 0.6 is 0 Å². The molecule has 0 spiro atoms. The molecule has 0 bridgehead atoms. The van der Waals surface area contributed by atoms with Crippen molar-refractivity contribution in [2.24, 2.45) is 0 Å². The second kappa shape index (κ2) is 9.46. The van der Waals surface area contributed by atoms with Gasteiger partial charge in [-0.25, -0.2) is 0 Å². The molecule has 1 atom stereocenters. The number of ether oxygens (including phenoxy) is 1. The zero-order valence-corrected chi connectivity index (χ0v) is 19.0. The predicted octanol–water partition coefficient (Wildman–Crippen LogP) is 1.14. The molecule has 8 nitrogen and oxygen atoms in total. The first-order chi connectivity index (χ1) is 16.0. The summed E-state index contributed by atoms with van der Waals surface area (Å²) < 4.78 is 11.1. The summed E-state index contributed by atoms with van der Waals surface area (Å²) in [7, 11) is 1.51. The number of methoxy groups -OCH3 is 1. The molecule has 172 valence electrons. The number of carbonyl (C=O) groups is 2. The van der Waals surface area contributed by atoms with E-state index in [0.717, 1.165) is 13.1 Å². The van der Waals surface area contributed by atoms with Gasteiger partial charge in [-0.15, -0.1) is 0 Å². The monoisotopic (exact) mass is 449 g/mol. The molecule has 33 heavy (non-hydrogen) atoms. The van der Waals surface area contributed by atoms with Crippen LogP contribution in [0.15, 0.2) is 64.5 Å². The molecule has 8 heteroatoms. The Hall–Kier alpha value is -3.65. The first-order valence-corrected chi connectivity index (χ1v) is 11.1. The van der Waals surface area contributed by atoms with Crippen LogP contribution in [0.4, 0.5) is 0 Å². The van der Waals surface area contributed by atoms with Crippen molar-refractivity contribution in [1.29, 1.82) is 0 Å². The number of rotatable bonds is 9. The molecule has 0 radical (unpaired) electrons. The molecule has 1 unspecified atom stereocenters. The third-order valence-electron chi connectivity index (χ3n) is 6.19. The maximum atomic E-state index is 13.6. The lowest BCUT2D eigenvalue weighted by atomic mass is 9.96. The van der Waals surface area contributed by atoms with E-state index in [1.807, 2.05) is 0 Å². The van der Waals surface area contributed by atoms with Gasteiger partial charge < -0.3 is 24.1 Å². The van der Waals surface area contributed by atoms with Crippen molar-refractivity contribution in [3.05, 3.63) is 71.4 Å². The highest BCUT2D eigenvalue weighted by Gasteiger charge is 2.40. The lowest BCUT2D eigenvalue weighted by molar-refractivity contribution is -0.895. The lowest BCUT2D eigenvalue weighted by Gasteiger charge is -2.28. The Morgan fingerprint density at radius 3 is 2.70 bits per heavy atom. The van der Waals surface area contributed by atoms with Crippen LogP contribution in [-0.4, -0.2) is 54.9 Å². The van der Waals surface area contributed by atoms with Gasteiger partial charge in [0, 0.05) is 23.4 Å². The molecule has 1 aliphatic rings. The van der Waals surface area contributed by atoms with E-state index in [2.05, 4.69) is 18.8 Å². The molecule has 4 rings (SSSR count). The van der Waals surface area contributed by atoms with Crippen molar-refractivity contribution < 1.29 is 28.7 Å². The molecule has 0 saturated heterocycles. The molecule has 0 aliphatic carbocycles. The number of furan rings is 1.